The number of benzene rings is 1. The van der Waals surface area contributed by atoms with Gasteiger partial charge in [-0.15, -0.1) is 0 Å². The van der Waals surface area contributed by atoms with Crippen molar-refractivity contribution in [3.63, 3.8) is 0 Å². The van der Waals surface area contributed by atoms with Crippen molar-refractivity contribution in [3.8, 4) is 0 Å². The highest BCUT2D eigenvalue weighted by atomic mass is 16.3. The highest BCUT2D eigenvalue weighted by molar-refractivity contribution is 5.74. The van der Waals surface area contributed by atoms with Crippen LogP contribution in [0.4, 0.5) is 0 Å². The van der Waals surface area contributed by atoms with Gasteiger partial charge in [0.05, 0.1) is 23.3 Å². The van der Waals surface area contributed by atoms with Crippen LogP contribution in [-0.2, 0) is 0 Å². The standard InChI is InChI=1S/C11H13N3O2/c1-12-5-10(15)7-2-3-8-9(4-7)13-6-11(16)14-8/h2-4,6,10,12,15H,5H2,1H3,(H,14,16). The predicted molar refractivity (Wildman–Crippen MR) is 61.3 cm³/mol. The monoisotopic (exact) mass is 219 g/mol. The molecule has 0 radical (unpaired) electrons. The molecule has 1 aromatic carbocycles. The third-order valence-electron chi connectivity index (χ3n) is 2.38. The molecule has 84 valence electrons. The van der Waals surface area contributed by atoms with Crippen LogP contribution in [0.25, 0.3) is 11.0 Å². The number of hydrogen-bond donors (Lipinski definition) is 3. The third kappa shape index (κ3) is 2.10. The molecule has 5 nitrogen and oxygen atoms in total. The average molecular weight is 219 g/mol. The summed E-state index contributed by atoms with van der Waals surface area (Å²) in [4.78, 5) is 17.7. The molecule has 0 amide bonds. The fourth-order valence-corrected chi connectivity index (χ4v) is 1.57. The molecule has 1 aromatic heterocycles. The van der Waals surface area contributed by atoms with Crippen LogP contribution in [0.3, 0.4) is 0 Å². The maximum Gasteiger partial charge on any atom is 0.266 e. The zero-order valence-electron chi connectivity index (χ0n) is 8.90. The lowest BCUT2D eigenvalue weighted by Gasteiger charge is -2.10. The lowest BCUT2D eigenvalue weighted by Crippen LogP contribution is -2.16. The molecule has 2 rings (SSSR count). The van der Waals surface area contributed by atoms with Gasteiger partial charge < -0.3 is 15.4 Å². The maximum absolute atomic E-state index is 11.0. The summed E-state index contributed by atoms with van der Waals surface area (Å²) in [6.45, 7) is 0.481. The van der Waals surface area contributed by atoms with E-state index in [0.717, 1.165) is 5.56 Å². The van der Waals surface area contributed by atoms with Gasteiger partial charge in [-0.2, -0.15) is 0 Å². The molecule has 5 heteroatoms. The van der Waals surface area contributed by atoms with E-state index in [2.05, 4.69) is 15.3 Å². The molecule has 0 spiro atoms. The molecule has 0 fully saturated rings. The Balaban J connectivity index is 2.44. The number of H-pyrrole nitrogens is 1. The van der Waals surface area contributed by atoms with Crippen LogP contribution in [-0.4, -0.2) is 28.7 Å². The summed E-state index contributed by atoms with van der Waals surface area (Å²) in [5.41, 5.74) is 1.90. The third-order valence-corrected chi connectivity index (χ3v) is 2.38. The van der Waals surface area contributed by atoms with E-state index >= 15 is 0 Å². The molecule has 0 saturated heterocycles. The molecule has 0 aliphatic heterocycles. The van der Waals surface area contributed by atoms with Crippen molar-refractivity contribution in [2.24, 2.45) is 0 Å². The van der Waals surface area contributed by atoms with Crippen molar-refractivity contribution in [1.82, 2.24) is 15.3 Å². The Labute approximate surface area is 92.2 Å². The Morgan fingerprint density at radius 2 is 2.38 bits per heavy atom. The van der Waals surface area contributed by atoms with Gasteiger partial charge in [-0.3, -0.25) is 4.79 Å². The highest BCUT2D eigenvalue weighted by Crippen LogP contribution is 2.16. The van der Waals surface area contributed by atoms with Crippen LogP contribution in [0.1, 0.15) is 11.7 Å². The first-order valence-electron chi connectivity index (χ1n) is 5.02. The van der Waals surface area contributed by atoms with Crippen molar-refractivity contribution in [2.75, 3.05) is 13.6 Å². The van der Waals surface area contributed by atoms with Gasteiger partial charge in [-0.25, -0.2) is 4.98 Å². The van der Waals surface area contributed by atoms with Crippen LogP contribution < -0.4 is 10.9 Å². The first-order chi connectivity index (χ1) is 7.70. The summed E-state index contributed by atoms with van der Waals surface area (Å²) < 4.78 is 0. The Bertz CT molecular complexity index is 550. The van der Waals surface area contributed by atoms with Gasteiger partial charge in [0.25, 0.3) is 5.56 Å². The van der Waals surface area contributed by atoms with Gasteiger partial charge in [-0.05, 0) is 24.7 Å². The van der Waals surface area contributed by atoms with Crippen molar-refractivity contribution in [3.05, 3.63) is 40.3 Å². The highest BCUT2D eigenvalue weighted by Gasteiger charge is 2.07. The molecule has 0 bridgehead atoms. The summed E-state index contributed by atoms with van der Waals surface area (Å²) >= 11 is 0. The van der Waals surface area contributed by atoms with E-state index < -0.39 is 6.10 Å². The largest absolute Gasteiger partial charge is 0.387 e. The van der Waals surface area contributed by atoms with Crippen LogP contribution in [0.5, 0.6) is 0 Å². The zero-order chi connectivity index (χ0) is 11.5. The van der Waals surface area contributed by atoms with Crippen LogP contribution >= 0.6 is 0 Å². The van der Waals surface area contributed by atoms with Crippen molar-refractivity contribution in [1.29, 1.82) is 0 Å². The number of fused-ring (bicyclic) bond motifs is 1. The molecule has 2 aromatic rings. The van der Waals surface area contributed by atoms with Crippen molar-refractivity contribution in [2.45, 2.75) is 6.10 Å². The maximum atomic E-state index is 11.0. The topological polar surface area (TPSA) is 78.0 Å². The summed E-state index contributed by atoms with van der Waals surface area (Å²) in [5.74, 6) is 0. The van der Waals surface area contributed by atoms with Crippen molar-refractivity contribution >= 4 is 11.0 Å². The predicted octanol–water partition coefficient (Wildman–Crippen LogP) is 0.176. The molecular weight excluding hydrogens is 206 g/mol. The number of aromatic nitrogens is 2. The number of nitrogens with one attached hydrogen (secondary N) is 2. The quantitative estimate of drug-likeness (QED) is 0.688. The minimum atomic E-state index is -0.567. The van der Waals surface area contributed by atoms with Gasteiger partial charge in [0.15, 0.2) is 0 Å². The zero-order valence-corrected chi connectivity index (χ0v) is 8.90. The fourth-order valence-electron chi connectivity index (χ4n) is 1.57. The van der Waals surface area contributed by atoms with Gasteiger partial charge in [0, 0.05) is 6.54 Å². The Morgan fingerprint density at radius 3 is 3.12 bits per heavy atom. The smallest absolute Gasteiger partial charge is 0.266 e. The van der Waals surface area contributed by atoms with Gasteiger partial charge >= 0.3 is 0 Å². The van der Waals surface area contributed by atoms with Crippen LogP contribution in [0.15, 0.2) is 29.2 Å². The second-order valence-electron chi connectivity index (χ2n) is 3.60. The number of nitrogens with zero attached hydrogens (tertiary/aromatic N) is 1. The van der Waals surface area contributed by atoms with E-state index in [1.807, 2.05) is 0 Å². The minimum Gasteiger partial charge on any atom is -0.387 e. The van der Waals surface area contributed by atoms with E-state index in [1.54, 1.807) is 25.2 Å². The van der Waals surface area contributed by atoms with Gasteiger partial charge in [0.2, 0.25) is 0 Å². The normalized spacial score (nSPS) is 12.9. The van der Waals surface area contributed by atoms with Gasteiger partial charge in [0.1, 0.15) is 0 Å². The molecular formula is C11H13N3O2. The second kappa shape index (κ2) is 4.42. The molecule has 3 N–H and O–H groups in total. The van der Waals surface area contributed by atoms with E-state index in [0.29, 0.717) is 17.6 Å². The van der Waals surface area contributed by atoms with Gasteiger partial charge in [-0.1, -0.05) is 6.07 Å². The minimum absolute atomic E-state index is 0.226. The number of aromatic amines is 1. The first kappa shape index (κ1) is 10.8. The Hall–Kier alpha value is -1.72. The number of hydrogen-bond acceptors (Lipinski definition) is 4. The second-order valence-corrected chi connectivity index (χ2v) is 3.60. The summed E-state index contributed by atoms with van der Waals surface area (Å²) in [6.07, 6.45) is 0.666. The molecule has 1 heterocycles. The van der Waals surface area contributed by atoms with E-state index in [1.165, 1.54) is 6.20 Å². The van der Waals surface area contributed by atoms with E-state index in [-0.39, 0.29) is 5.56 Å². The summed E-state index contributed by atoms with van der Waals surface area (Å²) in [7, 11) is 1.78. The van der Waals surface area contributed by atoms with Crippen LogP contribution in [0, 0.1) is 0 Å². The SMILES string of the molecule is CNCC(O)c1ccc2[nH]c(=O)cnc2c1. The molecule has 0 aliphatic carbocycles. The number of likely N-dealkylation sites (N-methyl/N-ethyl adjacent to an activating group) is 1. The summed E-state index contributed by atoms with van der Waals surface area (Å²) in [6, 6.07) is 5.30. The molecule has 1 atom stereocenters. The Kier molecular flexibility index (Phi) is 2.98. The lowest BCUT2D eigenvalue weighted by molar-refractivity contribution is 0.178. The van der Waals surface area contributed by atoms with E-state index in [9.17, 15) is 9.90 Å². The summed E-state index contributed by atoms with van der Waals surface area (Å²) in [5, 5.41) is 12.7. The lowest BCUT2D eigenvalue weighted by atomic mass is 10.1. The molecule has 16 heavy (non-hydrogen) atoms. The molecule has 1 unspecified atom stereocenters. The molecule has 0 saturated carbocycles. The number of rotatable bonds is 3. The first-order valence-corrected chi connectivity index (χ1v) is 5.02. The molecule has 0 aliphatic rings. The Morgan fingerprint density at radius 1 is 1.56 bits per heavy atom. The number of aliphatic hydroxyl groups is 1. The van der Waals surface area contributed by atoms with Crippen LogP contribution in [0.2, 0.25) is 0 Å². The number of aliphatic hydroxyl groups excluding tert-OH is 1. The van der Waals surface area contributed by atoms with Crippen molar-refractivity contribution < 1.29 is 5.11 Å². The van der Waals surface area contributed by atoms with E-state index in [4.69, 9.17) is 0 Å². The average Bonchev–Trinajstić information content (AvgIpc) is 2.28. The fraction of sp³-hybridized carbons (Fsp3) is 0.273.